The maximum atomic E-state index is 15.4. The number of carbonyl (C=O) groups is 11. The smallest absolute Gasteiger partial charge is 0.370 e. The molecule has 0 bridgehead atoms. The highest BCUT2D eigenvalue weighted by Crippen LogP contribution is 2.38. The van der Waals surface area contributed by atoms with Gasteiger partial charge in [-0.05, 0) is 126 Å². The van der Waals surface area contributed by atoms with Crippen LogP contribution in [0.4, 0.5) is 0 Å². The Labute approximate surface area is 628 Å². The molecule has 2 aromatic carbocycles. The zero-order valence-electron chi connectivity index (χ0n) is 60.9. The molecule has 2 aliphatic heterocycles. The number of fused-ring (bicyclic) bond motifs is 2. The Morgan fingerprint density at radius 3 is 1.08 bits per heavy atom. The number of guanidine groups is 6. The molecule has 0 spiro atoms. The van der Waals surface area contributed by atoms with Crippen molar-refractivity contribution in [2.45, 2.75) is 189 Å². The van der Waals surface area contributed by atoms with Crippen LogP contribution >= 0.6 is 7.82 Å². The number of rotatable bonds is 32. The number of amides is 11. The SMILES string of the molecule is C[C@@H](OP(=O)(O)O)[C@H]1NC(=O)[C@@H](CCCN=C(N)N)NC(=O)[C@@H](CCCN=C(N)N)NC(=O)[C@H](CCC(N)=O)NC(=O)[C@@H](CCCN=C(N)N)NC(=O)[C@@H](CCCN=C(N)N)NC(=O)[C@@H](CCCN=C(N)N)NC(=O)[C@H](CCCN=C(N)N)NC(=O)[C@H](Cc2ccc3ccccc3c2)NC(=O)[C@@H]2CCCCN2C1=O. The summed E-state index contributed by atoms with van der Waals surface area (Å²) in [4.78, 5) is 208. The predicted octanol–water partition coefficient (Wildman–Crippen LogP) is -8.77. The van der Waals surface area contributed by atoms with E-state index in [-0.39, 0.29) is 178 Å². The summed E-state index contributed by atoms with van der Waals surface area (Å²) in [5.74, 6) is -13.6. The van der Waals surface area contributed by atoms with Gasteiger partial charge in [0.1, 0.15) is 60.4 Å². The number of hydrogen-bond acceptors (Lipinski definition) is 19. The molecule has 2 aromatic rings. The molecule has 2 fully saturated rings. The Hall–Kier alpha value is -11.4. The second-order valence-electron chi connectivity index (χ2n) is 25.9. The van der Waals surface area contributed by atoms with Gasteiger partial charge in [-0.3, -0.25) is 87.2 Å². The molecule has 45 heteroatoms. The van der Waals surface area contributed by atoms with Gasteiger partial charge >= 0.3 is 7.82 Å². The van der Waals surface area contributed by atoms with E-state index in [1.807, 2.05) is 18.2 Å². The number of benzene rings is 2. The first-order valence-electron chi connectivity index (χ1n) is 35.4. The number of hydrogen-bond donors (Lipinski definition) is 24. The monoisotopic (exact) mass is 1550 g/mol. The Kier molecular flexibility index (Phi) is 37.9. The van der Waals surface area contributed by atoms with E-state index in [0.717, 1.165) is 22.6 Å². The Morgan fingerprint density at radius 1 is 0.440 bits per heavy atom. The number of piperidine rings is 1. The summed E-state index contributed by atoms with van der Waals surface area (Å²) in [6.45, 7) is 0.115. The molecule has 0 saturated carbocycles. The average Bonchev–Trinajstić information content (AvgIpc) is 0.809. The lowest BCUT2D eigenvalue weighted by atomic mass is 9.97. The summed E-state index contributed by atoms with van der Waals surface area (Å²) in [6.07, 6.45) is -4.81. The third-order valence-corrected chi connectivity index (χ3v) is 17.7. The first-order valence-corrected chi connectivity index (χ1v) is 36.9. The van der Waals surface area contributed by atoms with Crippen LogP contribution in [0.15, 0.2) is 72.4 Å². The van der Waals surface area contributed by atoms with Gasteiger partial charge in [0.15, 0.2) is 35.8 Å². The van der Waals surface area contributed by atoms with Crippen molar-refractivity contribution in [2.75, 3.05) is 45.8 Å². The number of nitrogens with zero attached hydrogens (tertiary/aromatic N) is 7. The van der Waals surface area contributed by atoms with Crippen LogP contribution < -0.4 is 122 Å². The molecular weight excluding hydrogens is 1450 g/mol. The molecule has 0 aliphatic carbocycles. The lowest BCUT2D eigenvalue weighted by Gasteiger charge is -2.39. The molecule has 0 aromatic heterocycles. The molecule has 0 unspecified atom stereocenters. The van der Waals surface area contributed by atoms with Gasteiger partial charge in [0.2, 0.25) is 65.0 Å². The highest BCUT2D eigenvalue weighted by atomic mass is 31.2. The number of aliphatic imine (C=N–C) groups is 6. The van der Waals surface area contributed by atoms with Gasteiger partial charge in [0.25, 0.3) is 0 Å². The summed E-state index contributed by atoms with van der Waals surface area (Å²) >= 11 is 0. The van der Waals surface area contributed by atoms with E-state index < -0.39 is 152 Å². The fourth-order valence-corrected chi connectivity index (χ4v) is 12.3. The first kappa shape index (κ1) is 90.0. The van der Waals surface area contributed by atoms with E-state index in [4.69, 9.17) is 79.1 Å². The third kappa shape index (κ3) is 33.9. The molecule has 109 heavy (non-hydrogen) atoms. The van der Waals surface area contributed by atoms with Crippen LogP contribution in [0.1, 0.15) is 122 Å². The van der Waals surface area contributed by atoms with Crippen molar-refractivity contribution >= 4 is 119 Å². The number of phosphoric ester groups is 1. The fourth-order valence-electron chi connectivity index (χ4n) is 11.7. The van der Waals surface area contributed by atoms with E-state index >= 15 is 24.0 Å². The van der Waals surface area contributed by atoms with Gasteiger partial charge in [0, 0.05) is 58.7 Å². The van der Waals surface area contributed by atoms with Gasteiger partial charge in [0.05, 0.1) is 6.10 Å². The number of phosphoric acid groups is 1. The van der Waals surface area contributed by atoms with Crippen molar-refractivity contribution in [3.63, 3.8) is 0 Å². The minimum atomic E-state index is -5.54. The third-order valence-electron chi connectivity index (χ3n) is 17.1. The highest BCUT2D eigenvalue weighted by Gasteiger charge is 2.43. The lowest BCUT2D eigenvalue weighted by molar-refractivity contribution is -0.148. The van der Waals surface area contributed by atoms with Crippen LogP contribution in [0.25, 0.3) is 10.8 Å². The van der Waals surface area contributed by atoms with Crippen molar-refractivity contribution in [1.29, 1.82) is 0 Å². The average molecular weight is 1550 g/mol. The van der Waals surface area contributed by atoms with Crippen LogP contribution in [-0.2, 0) is 68.2 Å². The van der Waals surface area contributed by atoms with Crippen LogP contribution in [0.5, 0.6) is 0 Å². The van der Waals surface area contributed by atoms with Gasteiger partial charge in [-0.2, -0.15) is 0 Å². The van der Waals surface area contributed by atoms with Crippen molar-refractivity contribution in [3.05, 3.63) is 48.0 Å². The topological polar surface area (TPSA) is 778 Å². The molecule has 37 N–H and O–H groups in total. The van der Waals surface area contributed by atoms with Gasteiger partial charge < -0.3 is 137 Å². The number of primary amides is 1. The van der Waals surface area contributed by atoms with Crippen LogP contribution in [0.2, 0.25) is 0 Å². The molecular formula is C64H108N29O15P. The Morgan fingerprint density at radius 2 is 0.752 bits per heavy atom. The molecule has 2 aliphatic rings. The largest absolute Gasteiger partial charge is 0.469 e. The van der Waals surface area contributed by atoms with Gasteiger partial charge in [-0.1, -0.05) is 42.5 Å². The molecule has 4 rings (SSSR count). The lowest BCUT2D eigenvalue weighted by Crippen LogP contribution is -2.64. The van der Waals surface area contributed by atoms with E-state index in [9.17, 15) is 43.1 Å². The second kappa shape index (κ2) is 46.0. The molecule has 11 amide bonds. The van der Waals surface area contributed by atoms with Crippen molar-refractivity contribution in [1.82, 2.24) is 52.8 Å². The quantitative estimate of drug-likeness (QED) is 0.0140. The Balaban J connectivity index is 2.07. The standard InChI is InChI=1S/C64H108N29O15P/c1-34(108-109(105,106)107)48-58(104)93-31-5-4-20-46(93)57(103)91-45(33-35-21-22-36-12-2-3-13-37(36)32-35)56(102)89-42(18-10-29-82-63(74)75)52(98)85-39(15-7-26-79-60(68)69)49(95)84-38(14-6-25-78-59(66)67)50(96)86-41(17-9-28-81-62(72)73)53(99)90-44(23-24-47(65)94)54(100)87-40(16-8-27-80-61(70)71)51(97)88-43(55(101)92-48)19-11-30-83-64(76)77/h2-3,12-13,21-22,32,34,38-46,48H,4-11,14-20,23-31,33H2,1H3,(H2,65,94)(H,84,95)(H,85,98)(H,86,96)(H,87,100)(H,88,97)(H,89,102)(H,90,99)(H,91,103)(H,92,101)(H4,66,67,78)(H4,68,69,79)(H4,70,71,80)(H4,72,73,81)(H4,74,75,82)(H4,76,77,83)(H2,105,106,107)/t34-,38-,39-,40-,41-,42+,43-,44+,45+,46+,48-/m1/s1. The van der Waals surface area contributed by atoms with Crippen LogP contribution in [-0.4, -0.2) is 228 Å². The predicted molar refractivity (Wildman–Crippen MR) is 405 cm³/mol. The summed E-state index contributed by atoms with van der Waals surface area (Å²) < 4.78 is 17.7. The van der Waals surface area contributed by atoms with E-state index in [1.165, 1.54) is 0 Å². The number of nitrogens with one attached hydrogen (secondary N) is 9. The zero-order valence-corrected chi connectivity index (χ0v) is 61.7. The first-order chi connectivity index (χ1) is 51.5. The normalized spacial score (nSPS) is 22.2. The Bertz CT molecular complexity index is 3680. The molecule has 604 valence electrons. The minimum Gasteiger partial charge on any atom is -0.370 e. The van der Waals surface area contributed by atoms with E-state index in [2.05, 4.69) is 77.8 Å². The van der Waals surface area contributed by atoms with Gasteiger partial charge in [-0.25, -0.2) is 4.57 Å². The summed E-state index contributed by atoms with van der Waals surface area (Å²) in [5.41, 5.74) is 73.6. The number of nitrogens with two attached hydrogens (primary N) is 13. The molecule has 0 radical (unpaired) electrons. The minimum absolute atomic E-state index is 0.00301. The van der Waals surface area contributed by atoms with Crippen LogP contribution in [0, 0.1) is 0 Å². The highest BCUT2D eigenvalue weighted by molar-refractivity contribution is 7.46. The van der Waals surface area contributed by atoms with Crippen molar-refractivity contribution < 1.29 is 71.6 Å². The molecule has 44 nitrogen and oxygen atoms in total. The molecule has 11 atom stereocenters. The summed E-state index contributed by atoms with van der Waals surface area (Å²) in [5, 5.41) is 25.0. The van der Waals surface area contributed by atoms with Crippen molar-refractivity contribution in [3.8, 4) is 0 Å². The van der Waals surface area contributed by atoms with Crippen molar-refractivity contribution in [2.24, 2.45) is 104 Å². The summed E-state index contributed by atoms with van der Waals surface area (Å²) in [7, 11) is -5.54. The zero-order chi connectivity index (χ0) is 80.9. The summed E-state index contributed by atoms with van der Waals surface area (Å²) in [6, 6.07) is -4.38. The maximum Gasteiger partial charge on any atom is 0.469 e. The van der Waals surface area contributed by atoms with Crippen LogP contribution in [0.3, 0.4) is 0 Å². The maximum absolute atomic E-state index is 15.4. The molecule has 2 heterocycles. The molecule has 2 saturated heterocycles. The van der Waals surface area contributed by atoms with E-state index in [0.29, 0.717) is 12.0 Å². The van der Waals surface area contributed by atoms with E-state index in [1.54, 1.807) is 24.3 Å². The fraction of sp³-hybridized carbons (Fsp3) is 0.578. The van der Waals surface area contributed by atoms with Gasteiger partial charge in [-0.15, -0.1) is 0 Å². The second-order valence-corrected chi connectivity index (χ2v) is 27.1. The number of carbonyl (C=O) groups excluding carboxylic acids is 11.